The molecule has 0 atom stereocenters. The number of imidazole rings is 1. The predicted octanol–water partition coefficient (Wildman–Crippen LogP) is 1.98. The van der Waals surface area contributed by atoms with E-state index in [2.05, 4.69) is 4.98 Å². The molecule has 0 amide bonds. The van der Waals surface area contributed by atoms with Crippen molar-refractivity contribution in [2.75, 3.05) is 6.61 Å². The minimum Gasteiger partial charge on any atom is -0.456 e. The highest BCUT2D eigenvalue weighted by molar-refractivity contribution is 6.31. The van der Waals surface area contributed by atoms with Crippen LogP contribution >= 0.6 is 11.6 Å². The molecular formula is C24H24ClN5O5. The quantitative estimate of drug-likeness (QED) is 0.285. The van der Waals surface area contributed by atoms with Crippen molar-refractivity contribution in [3.63, 3.8) is 0 Å². The van der Waals surface area contributed by atoms with Gasteiger partial charge in [-0.05, 0) is 31.5 Å². The number of halogens is 1. The van der Waals surface area contributed by atoms with E-state index < -0.39 is 23.8 Å². The zero-order chi connectivity index (χ0) is 25.4. The molecule has 0 spiro atoms. The molecule has 4 aromatic rings. The molecule has 35 heavy (non-hydrogen) atoms. The summed E-state index contributed by atoms with van der Waals surface area (Å²) in [4.78, 5) is 53.9. The number of rotatable bonds is 7. The normalized spacial score (nSPS) is 11.2. The van der Waals surface area contributed by atoms with Crippen LogP contribution < -0.4 is 11.2 Å². The van der Waals surface area contributed by atoms with Crippen molar-refractivity contribution in [2.45, 2.75) is 26.9 Å². The summed E-state index contributed by atoms with van der Waals surface area (Å²) in [5.41, 5.74) is 2.17. The Bertz CT molecular complexity index is 1590. The van der Waals surface area contributed by atoms with Gasteiger partial charge in [0.15, 0.2) is 17.8 Å². The second-order valence-corrected chi connectivity index (χ2v) is 8.70. The van der Waals surface area contributed by atoms with Crippen molar-refractivity contribution in [1.29, 1.82) is 0 Å². The Balaban J connectivity index is 1.47. The van der Waals surface area contributed by atoms with Crippen LogP contribution in [0.2, 0.25) is 5.02 Å². The van der Waals surface area contributed by atoms with Crippen LogP contribution in [0.25, 0.3) is 11.2 Å². The van der Waals surface area contributed by atoms with E-state index in [0.717, 1.165) is 21.5 Å². The van der Waals surface area contributed by atoms with Gasteiger partial charge in [0.25, 0.3) is 5.56 Å². The monoisotopic (exact) mass is 497 g/mol. The smallest absolute Gasteiger partial charge is 0.332 e. The first-order chi connectivity index (χ1) is 16.6. The number of aromatic nitrogens is 5. The van der Waals surface area contributed by atoms with Gasteiger partial charge in [-0.1, -0.05) is 29.8 Å². The lowest BCUT2D eigenvalue weighted by atomic mass is 10.1. The maximum absolute atomic E-state index is 12.8. The average Bonchev–Trinajstić information content (AvgIpc) is 3.37. The first-order valence-electron chi connectivity index (χ1n) is 10.8. The number of Topliss-reactive ketones (excluding diaryl/α,β-unsaturated/α-hetero) is 1. The van der Waals surface area contributed by atoms with Gasteiger partial charge in [0.1, 0.15) is 6.54 Å². The van der Waals surface area contributed by atoms with E-state index in [1.807, 2.05) is 42.7 Å². The van der Waals surface area contributed by atoms with Gasteiger partial charge in [-0.2, -0.15) is 0 Å². The van der Waals surface area contributed by atoms with Gasteiger partial charge in [0, 0.05) is 42.6 Å². The molecule has 3 aromatic heterocycles. The summed E-state index contributed by atoms with van der Waals surface area (Å²) in [6.07, 6.45) is 1.29. The Morgan fingerprint density at radius 2 is 1.80 bits per heavy atom. The fourth-order valence-corrected chi connectivity index (χ4v) is 4.24. The Morgan fingerprint density at radius 1 is 1.09 bits per heavy atom. The molecule has 0 N–H and O–H groups in total. The third kappa shape index (κ3) is 4.44. The van der Waals surface area contributed by atoms with Crippen LogP contribution in [-0.4, -0.2) is 41.6 Å². The van der Waals surface area contributed by atoms with Crippen molar-refractivity contribution in [3.8, 4) is 0 Å². The molecule has 0 saturated carbocycles. The molecule has 0 aliphatic carbocycles. The highest BCUT2D eigenvalue weighted by Gasteiger charge is 2.20. The van der Waals surface area contributed by atoms with Gasteiger partial charge in [0.2, 0.25) is 5.78 Å². The Morgan fingerprint density at radius 3 is 2.51 bits per heavy atom. The van der Waals surface area contributed by atoms with Gasteiger partial charge < -0.3 is 13.9 Å². The number of carbonyl (C=O) groups is 2. The lowest BCUT2D eigenvalue weighted by Gasteiger charge is -2.11. The molecule has 4 rings (SSSR count). The molecule has 0 radical (unpaired) electrons. The topological polar surface area (TPSA) is 110 Å². The number of aryl methyl sites for hydroxylation is 2. The molecule has 3 heterocycles. The largest absolute Gasteiger partial charge is 0.456 e. The van der Waals surface area contributed by atoms with E-state index >= 15 is 0 Å². The third-order valence-electron chi connectivity index (χ3n) is 6.04. The van der Waals surface area contributed by atoms with E-state index in [1.54, 1.807) is 6.07 Å². The number of carbonyl (C=O) groups excluding carboxylic acids is 2. The molecule has 0 aliphatic heterocycles. The molecule has 1 aromatic carbocycles. The summed E-state index contributed by atoms with van der Waals surface area (Å²) in [7, 11) is 2.83. The maximum Gasteiger partial charge on any atom is 0.332 e. The summed E-state index contributed by atoms with van der Waals surface area (Å²) in [6.45, 7) is 3.46. The zero-order valence-electron chi connectivity index (χ0n) is 19.7. The van der Waals surface area contributed by atoms with Crippen molar-refractivity contribution in [2.24, 2.45) is 14.1 Å². The van der Waals surface area contributed by atoms with Crippen LogP contribution in [0.15, 0.2) is 46.2 Å². The number of ether oxygens (including phenoxy) is 1. The SMILES string of the molecule is Cc1cc(C(=O)COC(=O)Cn2cnc3c2c(=O)n(C)c(=O)n3C)c(C)n1Cc1ccccc1Cl. The number of benzene rings is 1. The molecule has 0 fully saturated rings. The summed E-state index contributed by atoms with van der Waals surface area (Å²) >= 11 is 6.28. The van der Waals surface area contributed by atoms with E-state index in [1.165, 1.54) is 29.6 Å². The van der Waals surface area contributed by atoms with Crippen LogP contribution in [0.1, 0.15) is 27.3 Å². The maximum atomic E-state index is 12.8. The van der Waals surface area contributed by atoms with Crippen molar-refractivity contribution < 1.29 is 14.3 Å². The number of nitrogens with zero attached hydrogens (tertiary/aromatic N) is 5. The molecule has 0 bridgehead atoms. The predicted molar refractivity (Wildman–Crippen MR) is 130 cm³/mol. The molecule has 0 unspecified atom stereocenters. The average molecular weight is 498 g/mol. The first-order valence-corrected chi connectivity index (χ1v) is 11.2. The highest BCUT2D eigenvalue weighted by atomic mass is 35.5. The van der Waals surface area contributed by atoms with Gasteiger partial charge in [-0.25, -0.2) is 9.78 Å². The second-order valence-electron chi connectivity index (χ2n) is 8.30. The van der Waals surface area contributed by atoms with E-state index in [0.29, 0.717) is 17.1 Å². The van der Waals surface area contributed by atoms with Crippen LogP contribution in [0, 0.1) is 13.8 Å². The van der Waals surface area contributed by atoms with Crippen LogP contribution in [0.5, 0.6) is 0 Å². The molecule has 11 heteroatoms. The van der Waals surface area contributed by atoms with Gasteiger partial charge in [-0.3, -0.25) is 23.5 Å². The fraction of sp³-hybridized carbons (Fsp3) is 0.292. The minimum atomic E-state index is -0.710. The van der Waals surface area contributed by atoms with E-state index in [4.69, 9.17) is 16.3 Å². The lowest BCUT2D eigenvalue weighted by molar-refractivity contribution is -0.143. The summed E-state index contributed by atoms with van der Waals surface area (Å²) < 4.78 is 10.6. The summed E-state index contributed by atoms with van der Waals surface area (Å²) in [6, 6.07) is 9.26. The minimum absolute atomic E-state index is 0.0981. The zero-order valence-corrected chi connectivity index (χ0v) is 20.5. The van der Waals surface area contributed by atoms with Crippen molar-refractivity contribution in [3.05, 3.63) is 85.0 Å². The Kier molecular flexibility index (Phi) is 6.49. The van der Waals surface area contributed by atoms with Gasteiger partial charge in [0.05, 0.1) is 6.33 Å². The van der Waals surface area contributed by atoms with Crippen molar-refractivity contribution in [1.82, 2.24) is 23.3 Å². The molecule has 0 saturated heterocycles. The Hall–Kier alpha value is -3.92. The number of esters is 1. The summed E-state index contributed by atoms with van der Waals surface area (Å²) in [5.74, 6) is -1.05. The van der Waals surface area contributed by atoms with Gasteiger partial charge >= 0.3 is 11.7 Å². The second kappa shape index (κ2) is 9.38. The molecular weight excluding hydrogens is 474 g/mol. The van der Waals surface area contributed by atoms with Crippen LogP contribution in [0.4, 0.5) is 0 Å². The number of fused-ring (bicyclic) bond motifs is 1. The summed E-state index contributed by atoms with van der Waals surface area (Å²) in [5, 5.41) is 0.642. The first kappa shape index (κ1) is 24.2. The number of hydrogen-bond donors (Lipinski definition) is 0. The van der Waals surface area contributed by atoms with Crippen molar-refractivity contribution >= 4 is 34.5 Å². The standard InChI is InChI=1S/C24H24ClN5O5/c1-14-9-17(15(2)30(14)10-16-7-5-6-8-18(16)25)19(31)12-35-20(32)11-29-13-26-22-21(29)23(33)28(4)24(34)27(22)3/h5-9,13H,10-12H2,1-4H3. The number of ketones is 1. The van der Waals surface area contributed by atoms with E-state index in [-0.39, 0.29) is 23.5 Å². The Labute approximate surface area is 204 Å². The highest BCUT2D eigenvalue weighted by Crippen LogP contribution is 2.21. The third-order valence-corrected chi connectivity index (χ3v) is 6.41. The lowest BCUT2D eigenvalue weighted by Crippen LogP contribution is -2.37. The van der Waals surface area contributed by atoms with Crippen LogP contribution in [0.3, 0.4) is 0 Å². The van der Waals surface area contributed by atoms with E-state index in [9.17, 15) is 19.2 Å². The number of hydrogen-bond acceptors (Lipinski definition) is 6. The van der Waals surface area contributed by atoms with Crippen LogP contribution in [-0.2, 0) is 36.7 Å². The molecule has 182 valence electrons. The fourth-order valence-electron chi connectivity index (χ4n) is 4.05. The van der Waals surface area contributed by atoms with Gasteiger partial charge in [-0.15, -0.1) is 0 Å². The molecule has 0 aliphatic rings. The molecule has 10 nitrogen and oxygen atoms in total.